The van der Waals surface area contributed by atoms with Crippen molar-refractivity contribution in [2.24, 2.45) is 0 Å². The Hall–Kier alpha value is 0.320. The number of rotatable bonds is 0. The minimum absolute atomic E-state index is 0.722. The van der Waals surface area contributed by atoms with Crippen molar-refractivity contribution in [3.8, 4) is 0 Å². The molecule has 0 aromatic carbocycles. The van der Waals surface area contributed by atoms with E-state index in [0.717, 1.165) is 5.88 Å². The lowest BCUT2D eigenvalue weighted by Crippen LogP contribution is -1.36. The van der Waals surface area contributed by atoms with E-state index in [1.54, 1.807) is 0 Å². The molecule has 0 aliphatic heterocycles. The van der Waals surface area contributed by atoms with Gasteiger partial charge in [0.2, 0.25) is 0 Å². The molecule has 0 saturated heterocycles. The van der Waals surface area contributed by atoms with E-state index in [9.17, 15) is 0 Å². The van der Waals surface area contributed by atoms with E-state index in [2.05, 4.69) is 6.58 Å². The summed E-state index contributed by atoms with van der Waals surface area (Å²) in [7, 11) is 0. The van der Waals surface area contributed by atoms with Gasteiger partial charge in [0.1, 0.15) is 0 Å². The summed E-state index contributed by atoms with van der Waals surface area (Å²) in [6.07, 6.45) is 0. The maximum atomic E-state index is 5.00. The van der Waals surface area contributed by atoms with Crippen LogP contribution in [0.1, 0.15) is 6.92 Å². The summed E-state index contributed by atoms with van der Waals surface area (Å²) in [5.74, 6) is 0.722. The quantitative estimate of drug-likeness (QED) is 0.438. The summed E-state index contributed by atoms with van der Waals surface area (Å²) in [5, 5.41) is 0. The first-order valence-electron chi connectivity index (χ1n) is 1.60. The molecule has 0 fully saturated rings. The molecule has 0 heterocycles. The highest BCUT2D eigenvalue weighted by atomic mass is 35.5. The average Bonchev–Trinajstić information content (AvgIpc) is 1.39. The van der Waals surface area contributed by atoms with Gasteiger partial charge in [-0.25, -0.2) is 0 Å². The van der Waals surface area contributed by atoms with E-state index in [-0.39, 0.29) is 0 Å². The van der Waals surface area contributed by atoms with Crippen molar-refractivity contribution in [2.45, 2.75) is 6.92 Å². The van der Waals surface area contributed by atoms with Gasteiger partial charge in [0.05, 0.1) is 0 Å². The van der Waals surface area contributed by atoms with Gasteiger partial charge >= 0.3 is 0 Å². The highest BCUT2D eigenvalue weighted by Gasteiger charge is 1.38. The summed E-state index contributed by atoms with van der Waals surface area (Å²) in [6.45, 7) is 5.02. The zero-order valence-electron chi connectivity index (χ0n) is 3.75. The number of alkyl halides is 1. The Morgan fingerprint density at radius 2 is 1.83 bits per heavy atom. The monoisotopic (exact) mass is 126 g/mol. The summed E-state index contributed by atoms with van der Waals surface area (Å²) in [5.41, 5.74) is 1.22. The molecular formula is C4H8Cl2. The summed E-state index contributed by atoms with van der Waals surface area (Å²) >= 11 is 9.76. The van der Waals surface area contributed by atoms with Crippen molar-refractivity contribution < 1.29 is 0 Å². The lowest BCUT2D eigenvalue weighted by Gasteiger charge is -1.45. The zero-order chi connectivity index (χ0) is 5.41. The largest absolute Gasteiger partial charge is 0.127 e. The van der Waals surface area contributed by atoms with Crippen molar-refractivity contribution in [2.75, 3.05) is 5.88 Å². The van der Waals surface area contributed by atoms with Crippen molar-refractivity contribution in [1.29, 1.82) is 0 Å². The molecule has 0 aromatic heterocycles. The molecule has 0 atom stereocenters. The number of hydrogen-bond acceptors (Lipinski definition) is 0. The van der Waals surface area contributed by atoms with Gasteiger partial charge in [0.15, 0.2) is 0 Å². The van der Waals surface area contributed by atoms with Crippen LogP contribution in [0, 0.1) is 0 Å². The van der Waals surface area contributed by atoms with Gasteiger partial charge in [-0.1, -0.05) is 25.1 Å². The van der Waals surface area contributed by atoms with Crippen LogP contribution in [0.5, 0.6) is 0 Å². The van der Waals surface area contributed by atoms with Gasteiger partial charge < -0.3 is 0 Å². The highest BCUT2D eigenvalue weighted by Crippen LogP contribution is 1.60. The smallest absolute Gasteiger partial charge is 0.0195 e. The van der Waals surface area contributed by atoms with Crippen molar-refractivity contribution in [3.63, 3.8) is 0 Å². The molecule has 0 rings (SSSR count). The molecule has 6 heavy (non-hydrogen) atoms. The fourth-order valence-electron chi connectivity index (χ4n) is 0. The van der Waals surface area contributed by atoms with E-state index in [1.165, 1.54) is 5.54 Å². The third kappa shape index (κ3) is 465. The van der Waals surface area contributed by atoms with Gasteiger partial charge in [-0.05, 0) is 5.54 Å². The van der Waals surface area contributed by atoms with E-state index in [0.29, 0.717) is 0 Å². The molecule has 0 N–H and O–H groups in total. The van der Waals surface area contributed by atoms with Crippen LogP contribution < -0.4 is 0 Å². The first-order valence-corrected chi connectivity index (χ1v) is 2.57. The molecule has 0 aliphatic rings. The second-order valence-electron chi connectivity index (χ2n) is 0.422. The van der Waals surface area contributed by atoms with Crippen LogP contribution in [-0.4, -0.2) is 5.88 Å². The van der Waals surface area contributed by atoms with Crippen LogP contribution in [0.2, 0.25) is 0 Å². The third-order valence-corrected chi connectivity index (χ3v) is 0. The maximum Gasteiger partial charge on any atom is 0.0195 e. The topological polar surface area (TPSA) is 0 Å². The summed E-state index contributed by atoms with van der Waals surface area (Å²) < 4.78 is 0. The minimum Gasteiger partial charge on any atom is -0.127 e. The molecule has 0 amide bonds. The van der Waals surface area contributed by atoms with Gasteiger partial charge in [-0.15, -0.1) is 11.6 Å². The van der Waals surface area contributed by atoms with Gasteiger partial charge in [0, 0.05) is 5.88 Å². The molecule has 0 aliphatic carbocycles. The molecule has 2 heteroatoms. The van der Waals surface area contributed by atoms with Crippen molar-refractivity contribution in [1.82, 2.24) is 0 Å². The van der Waals surface area contributed by atoms with Crippen molar-refractivity contribution >= 4 is 23.2 Å². The molecule has 0 radical (unpaired) electrons. The fraction of sp³-hybridized carbons (Fsp3) is 0.500. The maximum absolute atomic E-state index is 5.00. The first kappa shape index (κ1) is 9.58. The Kier molecular flexibility index (Phi) is 29.5. The number of halogens is 2. The highest BCUT2D eigenvalue weighted by molar-refractivity contribution is 6.25. The standard InChI is InChI=1S/C2H5Cl.C2H3Cl/c2*1-2-3/h2H2,1H3;2H,1H2. The Balaban J connectivity index is 0. The van der Waals surface area contributed by atoms with Crippen LogP contribution in [0.25, 0.3) is 0 Å². The van der Waals surface area contributed by atoms with E-state index in [4.69, 9.17) is 23.2 Å². The summed E-state index contributed by atoms with van der Waals surface area (Å²) in [6, 6.07) is 0. The summed E-state index contributed by atoms with van der Waals surface area (Å²) in [4.78, 5) is 0. The second kappa shape index (κ2) is 18.4. The van der Waals surface area contributed by atoms with Gasteiger partial charge in [0.25, 0.3) is 0 Å². The minimum atomic E-state index is 0.722. The van der Waals surface area contributed by atoms with Crippen LogP contribution in [-0.2, 0) is 0 Å². The van der Waals surface area contributed by atoms with Gasteiger partial charge in [-0.2, -0.15) is 0 Å². The van der Waals surface area contributed by atoms with Gasteiger partial charge in [-0.3, -0.25) is 0 Å². The molecule has 0 unspecified atom stereocenters. The van der Waals surface area contributed by atoms with Crippen LogP contribution in [0.3, 0.4) is 0 Å². The van der Waals surface area contributed by atoms with E-state index < -0.39 is 0 Å². The number of hydrogen-bond donors (Lipinski definition) is 0. The van der Waals surface area contributed by atoms with Crippen LogP contribution in [0.15, 0.2) is 12.1 Å². The lowest BCUT2D eigenvalue weighted by atomic mass is 11.0. The Morgan fingerprint density at radius 1 is 1.83 bits per heavy atom. The molecular weight excluding hydrogens is 119 g/mol. The normalized spacial score (nSPS) is 5.17. The molecule has 0 bridgehead atoms. The Morgan fingerprint density at radius 3 is 1.83 bits per heavy atom. The van der Waals surface area contributed by atoms with E-state index >= 15 is 0 Å². The Bertz CT molecular complexity index is 19.5. The predicted octanol–water partition coefficient (Wildman–Crippen LogP) is 2.61. The van der Waals surface area contributed by atoms with E-state index in [1.807, 2.05) is 6.92 Å². The molecule has 0 aromatic rings. The molecule has 0 nitrogen and oxygen atoms in total. The fourth-order valence-corrected chi connectivity index (χ4v) is 0. The lowest BCUT2D eigenvalue weighted by molar-refractivity contribution is 1.51. The second-order valence-corrected chi connectivity index (χ2v) is 1.26. The predicted molar refractivity (Wildman–Crippen MR) is 32.4 cm³/mol. The zero-order valence-corrected chi connectivity index (χ0v) is 5.26. The molecule has 0 spiro atoms. The third-order valence-electron chi connectivity index (χ3n) is 0. The first-order chi connectivity index (χ1) is 2.83. The Labute approximate surface area is 48.8 Å². The molecule has 38 valence electrons. The SMILES string of the molecule is C=CCl.CCCl. The van der Waals surface area contributed by atoms with Crippen LogP contribution >= 0.6 is 23.2 Å². The van der Waals surface area contributed by atoms with Crippen LogP contribution in [0.4, 0.5) is 0 Å². The average molecular weight is 127 g/mol. The molecule has 0 saturated carbocycles. The van der Waals surface area contributed by atoms with Crippen molar-refractivity contribution in [3.05, 3.63) is 12.1 Å².